The van der Waals surface area contributed by atoms with Crippen LogP contribution in [-0.4, -0.2) is 49.7 Å². The zero-order valence-corrected chi connectivity index (χ0v) is 13.6. The SMILES string of the molecule is BrN1CCN(c2ccc3ncc4nncn4c3c2)CC1.Cl. The predicted molar refractivity (Wildman–Crippen MR) is 88.2 cm³/mol. The van der Waals surface area contributed by atoms with Crippen molar-refractivity contribution in [3.8, 4) is 0 Å². The number of piperazine rings is 1. The average molecular weight is 370 g/mol. The van der Waals surface area contributed by atoms with Crippen molar-refractivity contribution in [2.24, 2.45) is 0 Å². The van der Waals surface area contributed by atoms with Crippen LogP contribution in [0.5, 0.6) is 0 Å². The number of anilines is 1. The standard InChI is InChI=1S/C13H13BrN6.ClH/c14-19-5-3-18(4-6-19)10-1-2-11-12(7-10)20-9-16-17-13(20)8-15-11;/h1-2,7-9H,3-6H2;1H. The van der Waals surface area contributed by atoms with Gasteiger partial charge in [0.05, 0.1) is 17.2 Å². The molecule has 0 spiro atoms. The Morgan fingerprint density at radius 3 is 2.71 bits per heavy atom. The van der Waals surface area contributed by atoms with Gasteiger partial charge < -0.3 is 4.90 Å². The molecule has 3 aromatic rings. The van der Waals surface area contributed by atoms with E-state index in [-0.39, 0.29) is 12.4 Å². The molecule has 1 aliphatic heterocycles. The molecule has 3 heterocycles. The molecule has 0 radical (unpaired) electrons. The second-order valence-electron chi connectivity index (χ2n) is 4.89. The summed E-state index contributed by atoms with van der Waals surface area (Å²) in [7, 11) is 0. The Bertz CT molecular complexity index is 768. The Labute approximate surface area is 136 Å². The van der Waals surface area contributed by atoms with Crippen molar-refractivity contribution in [1.82, 2.24) is 23.5 Å². The Balaban J connectivity index is 0.00000132. The first-order valence-corrected chi connectivity index (χ1v) is 7.26. The second kappa shape index (κ2) is 5.75. The molecule has 0 N–H and O–H groups in total. The lowest BCUT2D eigenvalue weighted by Crippen LogP contribution is -2.42. The zero-order chi connectivity index (χ0) is 13.5. The minimum atomic E-state index is 0. The van der Waals surface area contributed by atoms with E-state index in [2.05, 4.69) is 58.4 Å². The van der Waals surface area contributed by atoms with Gasteiger partial charge in [-0.15, -0.1) is 22.6 Å². The van der Waals surface area contributed by atoms with Gasteiger partial charge in [-0.3, -0.25) is 9.38 Å². The summed E-state index contributed by atoms with van der Waals surface area (Å²) < 4.78 is 4.15. The van der Waals surface area contributed by atoms with E-state index < -0.39 is 0 Å². The minimum absolute atomic E-state index is 0. The number of benzene rings is 1. The Morgan fingerprint density at radius 1 is 1.10 bits per heavy atom. The topological polar surface area (TPSA) is 49.6 Å². The first-order valence-electron chi connectivity index (χ1n) is 6.55. The second-order valence-corrected chi connectivity index (χ2v) is 5.89. The fourth-order valence-corrected chi connectivity index (χ4v) is 2.91. The lowest BCUT2D eigenvalue weighted by atomic mass is 10.2. The normalized spacial score (nSPS) is 16.3. The summed E-state index contributed by atoms with van der Waals surface area (Å²) in [6.07, 6.45) is 3.48. The van der Waals surface area contributed by atoms with Gasteiger partial charge in [-0.25, -0.2) is 3.93 Å². The van der Waals surface area contributed by atoms with Gasteiger partial charge in [0.25, 0.3) is 0 Å². The molecule has 6 nitrogen and oxygen atoms in total. The lowest BCUT2D eigenvalue weighted by molar-refractivity contribution is 0.443. The molecule has 8 heteroatoms. The van der Waals surface area contributed by atoms with Crippen LogP contribution < -0.4 is 4.90 Å². The fraction of sp³-hybridized carbons (Fsp3) is 0.308. The summed E-state index contributed by atoms with van der Waals surface area (Å²) in [5.41, 5.74) is 4.01. The molecule has 2 aromatic heterocycles. The van der Waals surface area contributed by atoms with Crippen LogP contribution in [0.4, 0.5) is 5.69 Å². The third-order valence-corrected chi connectivity index (χ3v) is 4.41. The molecule has 1 aromatic carbocycles. The first kappa shape index (κ1) is 14.5. The minimum Gasteiger partial charge on any atom is -0.369 e. The van der Waals surface area contributed by atoms with Gasteiger partial charge in [-0.05, 0) is 18.2 Å². The summed E-state index contributed by atoms with van der Waals surface area (Å²) in [4.78, 5) is 6.81. The van der Waals surface area contributed by atoms with Gasteiger partial charge in [-0.2, -0.15) is 0 Å². The summed E-state index contributed by atoms with van der Waals surface area (Å²) in [5, 5.41) is 7.99. The van der Waals surface area contributed by atoms with Crippen molar-refractivity contribution in [3.63, 3.8) is 0 Å². The van der Waals surface area contributed by atoms with Crippen molar-refractivity contribution in [2.75, 3.05) is 31.1 Å². The zero-order valence-electron chi connectivity index (χ0n) is 11.2. The summed E-state index contributed by atoms with van der Waals surface area (Å²) in [5.74, 6) is 0. The first-order chi connectivity index (χ1) is 9.81. The van der Waals surface area contributed by atoms with E-state index in [4.69, 9.17) is 0 Å². The maximum absolute atomic E-state index is 4.42. The number of nitrogens with zero attached hydrogens (tertiary/aromatic N) is 6. The molecule has 0 aliphatic carbocycles. The highest BCUT2D eigenvalue weighted by Crippen LogP contribution is 2.23. The van der Waals surface area contributed by atoms with Crippen LogP contribution in [0.2, 0.25) is 0 Å². The monoisotopic (exact) mass is 368 g/mol. The molecule has 1 fully saturated rings. The molecular formula is C13H14BrClN6. The fourth-order valence-electron chi connectivity index (χ4n) is 2.60. The lowest BCUT2D eigenvalue weighted by Gasteiger charge is -2.32. The molecule has 4 rings (SSSR count). The number of hydrogen-bond donors (Lipinski definition) is 0. The highest BCUT2D eigenvalue weighted by atomic mass is 79.9. The van der Waals surface area contributed by atoms with E-state index in [1.165, 1.54) is 5.69 Å². The number of hydrogen-bond acceptors (Lipinski definition) is 5. The largest absolute Gasteiger partial charge is 0.369 e. The van der Waals surface area contributed by atoms with Crippen LogP contribution in [0.25, 0.3) is 16.7 Å². The molecule has 0 bridgehead atoms. The molecule has 1 aliphatic rings. The quantitative estimate of drug-likeness (QED) is 0.615. The number of aromatic nitrogens is 4. The van der Waals surface area contributed by atoms with E-state index >= 15 is 0 Å². The third-order valence-electron chi connectivity index (χ3n) is 3.70. The Hall–Kier alpha value is -1.44. The van der Waals surface area contributed by atoms with Gasteiger partial charge in [0.15, 0.2) is 5.65 Å². The van der Waals surface area contributed by atoms with Crippen molar-refractivity contribution < 1.29 is 0 Å². The number of rotatable bonds is 1. The Kier molecular flexibility index (Phi) is 3.97. The molecule has 0 saturated carbocycles. The van der Waals surface area contributed by atoms with E-state index in [1.54, 1.807) is 12.5 Å². The maximum atomic E-state index is 4.42. The highest BCUT2D eigenvalue weighted by Gasteiger charge is 2.16. The predicted octanol–water partition coefficient (Wildman–Crippen LogP) is 2.13. The van der Waals surface area contributed by atoms with Crippen LogP contribution in [0.1, 0.15) is 0 Å². The number of fused-ring (bicyclic) bond motifs is 3. The van der Waals surface area contributed by atoms with Gasteiger partial charge >= 0.3 is 0 Å². The van der Waals surface area contributed by atoms with E-state index in [1.807, 2.05) is 4.40 Å². The van der Waals surface area contributed by atoms with Crippen LogP contribution in [0.15, 0.2) is 30.7 Å². The summed E-state index contributed by atoms with van der Waals surface area (Å²) in [6, 6.07) is 6.36. The molecule has 0 amide bonds. The Morgan fingerprint density at radius 2 is 1.90 bits per heavy atom. The van der Waals surface area contributed by atoms with Crippen LogP contribution in [-0.2, 0) is 0 Å². The van der Waals surface area contributed by atoms with Gasteiger partial charge in [-0.1, -0.05) is 0 Å². The van der Waals surface area contributed by atoms with E-state index in [0.717, 1.165) is 42.9 Å². The molecule has 0 atom stereocenters. The van der Waals surface area contributed by atoms with Crippen LogP contribution in [0.3, 0.4) is 0 Å². The van der Waals surface area contributed by atoms with Crippen molar-refractivity contribution in [2.45, 2.75) is 0 Å². The van der Waals surface area contributed by atoms with Gasteiger partial charge in [0, 0.05) is 48.0 Å². The van der Waals surface area contributed by atoms with Gasteiger partial charge in [0.1, 0.15) is 6.33 Å². The molecular weight excluding hydrogens is 356 g/mol. The molecule has 1 saturated heterocycles. The smallest absolute Gasteiger partial charge is 0.179 e. The maximum Gasteiger partial charge on any atom is 0.179 e. The average Bonchev–Trinajstić information content (AvgIpc) is 2.96. The van der Waals surface area contributed by atoms with Crippen LogP contribution in [0, 0.1) is 0 Å². The van der Waals surface area contributed by atoms with Gasteiger partial charge in [0.2, 0.25) is 0 Å². The van der Waals surface area contributed by atoms with Crippen molar-refractivity contribution in [3.05, 3.63) is 30.7 Å². The number of halogens is 2. The summed E-state index contributed by atoms with van der Waals surface area (Å²) in [6.45, 7) is 4.07. The van der Waals surface area contributed by atoms with Crippen molar-refractivity contribution >= 4 is 50.9 Å². The van der Waals surface area contributed by atoms with E-state index in [9.17, 15) is 0 Å². The highest BCUT2D eigenvalue weighted by molar-refractivity contribution is 9.07. The molecule has 110 valence electrons. The van der Waals surface area contributed by atoms with E-state index in [0.29, 0.717) is 0 Å². The molecule has 21 heavy (non-hydrogen) atoms. The third kappa shape index (κ3) is 2.56. The summed E-state index contributed by atoms with van der Waals surface area (Å²) >= 11 is 3.53. The molecule has 0 unspecified atom stereocenters. The van der Waals surface area contributed by atoms with Crippen LogP contribution >= 0.6 is 28.6 Å². The van der Waals surface area contributed by atoms with Crippen molar-refractivity contribution in [1.29, 1.82) is 0 Å².